The summed E-state index contributed by atoms with van der Waals surface area (Å²) in [6.07, 6.45) is 6.31. The van der Waals surface area contributed by atoms with Crippen molar-refractivity contribution in [3.05, 3.63) is 117 Å². The predicted molar refractivity (Wildman–Crippen MR) is 223 cm³/mol. The molecule has 0 saturated heterocycles. The molecule has 0 radical (unpaired) electrons. The largest absolute Gasteiger partial charge is 0.469 e. The van der Waals surface area contributed by atoms with Crippen molar-refractivity contribution in [1.82, 2.24) is 9.55 Å². The van der Waals surface area contributed by atoms with Gasteiger partial charge in [0, 0.05) is 39.6 Å². The minimum absolute atomic E-state index is 0.000657. The Morgan fingerprint density at radius 2 is 1.48 bits per heavy atom. The summed E-state index contributed by atoms with van der Waals surface area (Å²) >= 11 is 0. The molecule has 3 aliphatic rings. The number of hydrogen-bond donors (Lipinski definition) is 0. The van der Waals surface area contributed by atoms with Gasteiger partial charge >= 0.3 is 0 Å². The molecule has 1 saturated carbocycles. The van der Waals surface area contributed by atoms with E-state index in [-0.39, 0.29) is 22.0 Å². The summed E-state index contributed by atoms with van der Waals surface area (Å²) in [5.41, 5.74) is 13.6. The lowest BCUT2D eigenvalue weighted by Crippen LogP contribution is -2.49. The van der Waals surface area contributed by atoms with Gasteiger partial charge in [0.2, 0.25) is 5.90 Å². The van der Waals surface area contributed by atoms with Crippen LogP contribution in [0.1, 0.15) is 119 Å². The number of hydrogen-bond acceptors (Lipinski definition) is 4. The predicted octanol–water partition coefficient (Wildman–Crippen LogP) is 12.7. The van der Waals surface area contributed by atoms with Crippen LogP contribution in [-0.4, -0.2) is 26.6 Å². The maximum absolute atomic E-state index is 7.06. The number of fused-ring (bicyclic) bond motifs is 6. The molecule has 0 spiro atoms. The maximum Gasteiger partial charge on any atom is 0.217 e. The van der Waals surface area contributed by atoms with Crippen molar-refractivity contribution < 1.29 is 9.47 Å². The number of aromatic nitrogens is 2. The van der Waals surface area contributed by atoms with Gasteiger partial charge in [0.05, 0.1) is 11.0 Å². The highest BCUT2D eigenvalue weighted by molar-refractivity contribution is 6.12. The van der Waals surface area contributed by atoms with Crippen molar-refractivity contribution in [2.75, 3.05) is 0 Å². The second-order valence-corrected chi connectivity index (χ2v) is 18.5. The Morgan fingerprint density at radius 3 is 2.20 bits per heavy atom. The van der Waals surface area contributed by atoms with Gasteiger partial charge in [-0.15, -0.1) is 0 Å². The zero-order chi connectivity index (χ0) is 38.1. The summed E-state index contributed by atoms with van der Waals surface area (Å²) < 4.78 is 16.3. The van der Waals surface area contributed by atoms with Crippen LogP contribution in [-0.2, 0) is 15.6 Å². The number of aliphatic imine (C=N–C) groups is 1. The van der Waals surface area contributed by atoms with E-state index in [1.165, 1.54) is 68.1 Å². The van der Waals surface area contributed by atoms with Gasteiger partial charge in [0.15, 0.2) is 0 Å². The number of benzene rings is 4. The van der Waals surface area contributed by atoms with Gasteiger partial charge in [0.25, 0.3) is 0 Å². The van der Waals surface area contributed by atoms with Crippen LogP contribution in [0.15, 0.2) is 77.9 Å². The minimum Gasteiger partial charge on any atom is -0.469 e. The van der Waals surface area contributed by atoms with Crippen molar-refractivity contribution in [2.45, 2.75) is 124 Å². The Balaban J connectivity index is 1.25. The molecule has 0 bridgehead atoms. The quantitative estimate of drug-likeness (QED) is 0.183. The van der Waals surface area contributed by atoms with Crippen LogP contribution >= 0.6 is 0 Å². The topological polar surface area (TPSA) is 48.6 Å². The Bertz CT molecular complexity index is 2580. The van der Waals surface area contributed by atoms with Crippen molar-refractivity contribution in [3.63, 3.8) is 0 Å². The first-order valence-electron chi connectivity index (χ1n) is 19.8. The minimum atomic E-state index is -0.308. The smallest absolute Gasteiger partial charge is 0.217 e. The van der Waals surface area contributed by atoms with E-state index in [1.807, 2.05) is 6.20 Å². The fraction of sp³-hybridized carbons (Fsp3) is 0.388. The van der Waals surface area contributed by atoms with Gasteiger partial charge in [-0.2, -0.15) is 0 Å². The fourth-order valence-electron chi connectivity index (χ4n) is 9.80. The van der Waals surface area contributed by atoms with Gasteiger partial charge in [0.1, 0.15) is 28.5 Å². The van der Waals surface area contributed by atoms with E-state index in [9.17, 15) is 0 Å². The fourth-order valence-corrected chi connectivity index (χ4v) is 9.80. The highest BCUT2D eigenvalue weighted by Gasteiger charge is 2.53. The van der Waals surface area contributed by atoms with Crippen LogP contribution in [0.2, 0.25) is 0 Å². The summed E-state index contributed by atoms with van der Waals surface area (Å²) in [5, 5.41) is 2.48. The van der Waals surface area contributed by atoms with E-state index >= 15 is 0 Å². The van der Waals surface area contributed by atoms with E-state index in [0.717, 1.165) is 58.3 Å². The van der Waals surface area contributed by atoms with Crippen molar-refractivity contribution in [1.29, 1.82) is 0 Å². The Kier molecular flexibility index (Phi) is 7.45. The normalized spacial score (nSPS) is 21.5. The SMILES string of the molecule is Cc1cc(C)c(-c2cc(Oc3cc4c(cc3C)c3cc(C(C)(C)C)cc5c3n4-c3ncccc3C5(C)C)cc(C3=N[C@]4(C)CCCC[C@]4(C)O3)c2)c(C)c1. The molecular weight excluding hydrogens is 663 g/mol. The second-order valence-electron chi connectivity index (χ2n) is 18.5. The zero-order valence-corrected chi connectivity index (χ0v) is 33.9. The molecule has 5 nitrogen and oxygen atoms in total. The van der Waals surface area contributed by atoms with Crippen LogP contribution in [0.25, 0.3) is 38.8 Å². The number of pyridine rings is 1. The first-order chi connectivity index (χ1) is 25.5. The molecular formula is C49H53N3O2. The standard InChI is InChI=1S/C49H53N3O2/c1-28-19-30(3)42(31(4)20-28)32-22-33(45-51-48(10)16-12-13-17-49(48,11)54-45)24-35(23-32)53-41-27-40-36(21-29(41)2)37-25-34(46(5,6)7)26-39-43(37)52(40)44-38(47(39,8)9)15-14-18-50-44/h14-15,18-27H,12-13,16-17H2,1-11H3/t48-,49+/m1/s1. The molecule has 54 heavy (non-hydrogen) atoms. The summed E-state index contributed by atoms with van der Waals surface area (Å²) in [4.78, 5) is 10.4. The van der Waals surface area contributed by atoms with Gasteiger partial charge in [-0.05, 0) is 142 Å². The van der Waals surface area contributed by atoms with E-state index in [4.69, 9.17) is 19.5 Å². The van der Waals surface area contributed by atoms with Gasteiger partial charge < -0.3 is 9.47 Å². The third-order valence-corrected chi connectivity index (χ3v) is 13.1. The molecule has 0 unspecified atom stereocenters. The van der Waals surface area contributed by atoms with Crippen LogP contribution in [0.3, 0.4) is 0 Å². The van der Waals surface area contributed by atoms with Crippen LogP contribution in [0.4, 0.5) is 0 Å². The molecule has 4 heterocycles. The molecule has 5 heteroatoms. The molecule has 2 aliphatic heterocycles. The monoisotopic (exact) mass is 715 g/mol. The van der Waals surface area contributed by atoms with E-state index < -0.39 is 0 Å². The summed E-state index contributed by atoms with van der Waals surface area (Å²) in [7, 11) is 0. The first kappa shape index (κ1) is 34.8. The Morgan fingerprint density at radius 1 is 0.759 bits per heavy atom. The summed E-state index contributed by atoms with van der Waals surface area (Å²) in [5.74, 6) is 3.30. The summed E-state index contributed by atoms with van der Waals surface area (Å²) in [6, 6.07) is 24.8. The molecule has 9 rings (SSSR count). The molecule has 6 aromatic rings. The highest BCUT2D eigenvalue weighted by atomic mass is 16.5. The lowest BCUT2D eigenvalue weighted by Gasteiger charge is -2.41. The lowest BCUT2D eigenvalue weighted by atomic mass is 9.72. The molecule has 276 valence electrons. The van der Waals surface area contributed by atoms with E-state index in [0.29, 0.717) is 0 Å². The molecule has 0 amide bonds. The average Bonchev–Trinajstić information content (AvgIpc) is 3.57. The molecule has 1 fully saturated rings. The number of nitrogens with zero attached hydrogens (tertiary/aromatic N) is 3. The molecule has 2 aromatic heterocycles. The Hall–Kier alpha value is -4.90. The number of rotatable bonds is 4. The van der Waals surface area contributed by atoms with Gasteiger partial charge in [-0.25, -0.2) is 9.98 Å². The first-order valence-corrected chi connectivity index (χ1v) is 19.8. The maximum atomic E-state index is 7.06. The second kappa shape index (κ2) is 11.6. The van der Waals surface area contributed by atoms with Crippen LogP contribution in [0.5, 0.6) is 11.5 Å². The summed E-state index contributed by atoms with van der Waals surface area (Å²) in [6.45, 7) is 24.9. The van der Waals surface area contributed by atoms with Crippen LogP contribution < -0.4 is 4.74 Å². The number of aryl methyl sites for hydroxylation is 4. The van der Waals surface area contributed by atoms with E-state index in [2.05, 4.69) is 147 Å². The Labute approximate surface area is 320 Å². The van der Waals surface area contributed by atoms with Crippen molar-refractivity contribution >= 4 is 27.7 Å². The third-order valence-electron chi connectivity index (χ3n) is 13.1. The lowest BCUT2D eigenvalue weighted by molar-refractivity contribution is 0.000928. The van der Waals surface area contributed by atoms with Gasteiger partial charge in [-0.3, -0.25) is 4.57 Å². The van der Waals surface area contributed by atoms with E-state index in [1.54, 1.807) is 0 Å². The number of ether oxygens (including phenoxy) is 2. The van der Waals surface area contributed by atoms with Crippen molar-refractivity contribution in [2.24, 2.45) is 4.99 Å². The highest BCUT2D eigenvalue weighted by Crippen LogP contribution is 2.50. The van der Waals surface area contributed by atoms with Crippen molar-refractivity contribution in [3.8, 4) is 28.4 Å². The van der Waals surface area contributed by atoms with Crippen LogP contribution in [0, 0.1) is 27.7 Å². The van der Waals surface area contributed by atoms with Gasteiger partial charge in [-0.1, -0.05) is 70.9 Å². The molecule has 1 aliphatic carbocycles. The molecule has 0 N–H and O–H groups in total. The molecule has 2 atom stereocenters. The zero-order valence-electron chi connectivity index (χ0n) is 33.9. The third kappa shape index (κ3) is 5.10. The molecule has 4 aromatic carbocycles. The average molecular weight is 716 g/mol.